The van der Waals surface area contributed by atoms with E-state index in [1.165, 1.54) is 0 Å². The molecule has 98 valence electrons. The van der Waals surface area contributed by atoms with Crippen LogP contribution in [0.25, 0.3) is 0 Å². The maximum Gasteiger partial charge on any atom is 0.0768 e. The van der Waals surface area contributed by atoms with Crippen molar-refractivity contribution in [3.63, 3.8) is 0 Å². The molecule has 18 heavy (non-hydrogen) atoms. The molecule has 0 aliphatic carbocycles. The minimum absolute atomic E-state index is 0.203. The van der Waals surface area contributed by atoms with Crippen LogP contribution in [-0.4, -0.2) is 19.6 Å². The van der Waals surface area contributed by atoms with E-state index in [9.17, 15) is 0 Å². The number of aromatic nitrogens is 4. The Balaban J connectivity index is 2.46. The SMILES string of the molecule is CCc1nn(C)cc1C(N)c1c(Br)cnn1CC. The molecule has 0 saturated carbocycles. The molecule has 5 nitrogen and oxygen atoms in total. The van der Waals surface area contributed by atoms with Gasteiger partial charge in [0.05, 0.1) is 28.1 Å². The first-order chi connectivity index (χ1) is 8.58. The average Bonchev–Trinajstić information content (AvgIpc) is 2.91. The Hall–Kier alpha value is -1.14. The van der Waals surface area contributed by atoms with Crippen LogP contribution in [0.4, 0.5) is 0 Å². The largest absolute Gasteiger partial charge is 0.319 e. The third-order valence-corrected chi connectivity index (χ3v) is 3.65. The number of rotatable bonds is 4. The van der Waals surface area contributed by atoms with E-state index < -0.39 is 0 Å². The first kappa shape index (κ1) is 13.3. The summed E-state index contributed by atoms with van der Waals surface area (Å²) in [7, 11) is 1.92. The lowest BCUT2D eigenvalue weighted by molar-refractivity contribution is 0.598. The van der Waals surface area contributed by atoms with E-state index in [4.69, 9.17) is 5.73 Å². The van der Waals surface area contributed by atoms with E-state index in [2.05, 4.69) is 40.0 Å². The van der Waals surface area contributed by atoms with Gasteiger partial charge in [-0.05, 0) is 29.3 Å². The van der Waals surface area contributed by atoms with Crippen molar-refractivity contribution in [2.45, 2.75) is 32.9 Å². The number of nitrogens with two attached hydrogens (primary N) is 1. The summed E-state index contributed by atoms with van der Waals surface area (Å²) in [6.45, 7) is 4.95. The molecule has 2 aromatic heterocycles. The topological polar surface area (TPSA) is 61.7 Å². The van der Waals surface area contributed by atoms with Gasteiger partial charge in [0.1, 0.15) is 0 Å². The molecule has 0 fully saturated rings. The van der Waals surface area contributed by atoms with Crippen molar-refractivity contribution in [2.24, 2.45) is 12.8 Å². The third kappa shape index (κ3) is 2.22. The highest BCUT2D eigenvalue weighted by Gasteiger charge is 2.21. The second kappa shape index (κ2) is 5.24. The lowest BCUT2D eigenvalue weighted by Gasteiger charge is -2.14. The van der Waals surface area contributed by atoms with Gasteiger partial charge in [-0.2, -0.15) is 10.2 Å². The number of aryl methyl sites for hydroxylation is 3. The van der Waals surface area contributed by atoms with Crippen LogP contribution in [0, 0.1) is 0 Å². The number of hydrogen-bond acceptors (Lipinski definition) is 3. The van der Waals surface area contributed by atoms with Crippen LogP contribution in [0.2, 0.25) is 0 Å². The van der Waals surface area contributed by atoms with Gasteiger partial charge in [-0.25, -0.2) is 0 Å². The van der Waals surface area contributed by atoms with E-state index in [0.29, 0.717) is 0 Å². The van der Waals surface area contributed by atoms with Gasteiger partial charge in [-0.3, -0.25) is 9.36 Å². The molecule has 0 aromatic carbocycles. The highest BCUT2D eigenvalue weighted by molar-refractivity contribution is 9.10. The minimum atomic E-state index is -0.203. The van der Waals surface area contributed by atoms with E-state index in [-0.39, 0.29) is 6.04 Å². The summed E-state index contributed by atoms with van der Waals surface area (Å²) in [6.07, 6.45) is 4.66. The van der Waals surface area contributed by atoms with Crippen LogP contribution >= 0.6 is 15.9 Å². The molecule has 1 unspecified atom stereocenters. The molecule has 0 spiro atoms. The second-order valence-corrected chi connectivity index (χ2v) is 5.08. The Labute approximate surface area is 115 Å². The fourth-order valence-electron chi connectivity index (χ4n) is 2.17. The molecule has 0 radical (unpaired) electrons. The van der Waals surface area contributed by atoms with E-state index in [0.717, 1.165) is 34.4 Å². The highest BCUT2D eigenvalue weighted by atomic mass is 79.9. The molecular weight excluding hydrogens is 294 g/mol. The second-order valence-electron chi connectivity index (χ2n) is 4.23. The smallest absolute Gasteiger partial charge is 0.0768 e. The molecule has 2 heterocycles. The van der Waals surface area contributed by atoms with Crippen LogP contribution in [-0.2, 0) is 20.0 Å². The van der Waals surface area contributed by atoms with Crippen LogP contribution in [0.15, 0.2) is 16.9 Å². The van der Waals surface area contributed by atoms with Crippen LogP contribution in [0.1, 0.15) is 36.8 Å². The molecule has 6 heteroatoms. The molecule has 0 aliphatic rings. The summed E-state index contributed by atoms with van der Waals surface area (Å²) in [5.41, 5.74) is 9.49. The van der Waals surface area contributed by atoms with Gasteiger partial charge in [0, 0.05) is 25.4 Å². The Bertz CT molecular complexity index is 543. The van der Waals surface area contributed by atoms with Gasteiger partial charge in [0.15, 0.2) is 0 Å². The number of hydrogen-bond donors (Lipinski definition) is 1. The Morgan fingerprint density at radius 2 is 2.17 bits per heavy atom. The summed E-state index contributed by atoms with van der Waals surface area (Å²) in [6, 6.07) is -0.203. The summed E-state index contributed by atoms with van der Waals surface area (Å²) in [5, 5.41) is 8.74. The van der Waals surface area contributed by atoms with Crippen molar-refractivity contribution in [1.29, 1.82) is 0 Å². The molecule has 0 aliphatic heterocycles. The summed E-state index contributed by atoms with van der Waals surface area (Å²) < 4.78 is 4.68. The zero-order valence-electron chi connectivity index (χ0n) is 10.9. The van der Waals surface area contributed by atoms with Crippen molar-refractivity contribution in [3.05, 3.63) is 33.8 Å². The van der Waals surface area contributed by atoms with Gasteiger partial charge in [0.2, 0.25) is 0 Å². The summed E-state index contributed by atoms with van der Waals surface area (Å²) >= 11 is 3.52. The normalized spacial score (nSPS) is 12.9. The lowest BCUT2D eigenvalue weighted by atomic mass is 10.0. The quantitative estimate of drug-likeness (QED) is 0.939. The predicted molar refractivity (Wildman–Crippen MR) is 74.2 cm³/mol. The van der Waals surface area contributed by atoms with Crippen molar-refractivity contribution in [1.82, 2.24) is 19.6 Å². The number of nitrogens with zero attached hydrogens (tertiary/aromatic N) is 4. The van der Waals surface area contributed by atoms with Gasteiger partial charge in [-0.15, -0.1) is 0 Å². The summed E-state index contributed by atoms with van der Waals surface area (Å²) in [4.78, 5) is 0. The molecule has 2 N–H and O–H groups in total. The molecule has 0 saturated heterocycles. The van der Waals surface area contributed by atoms with Crippen LogP contribution in [0.5, 0.6) is 0 Å². The average molecular weight is 312 g/mol. The standard InChI is InChI=1S/C12H18BrN5/c1-4-10-8(7-17(3)16-10)11(14)12-9(13)6-15-18(12)5-2/h6-7,11H,4-5,14H2,1-3H3. The first-order valence-corrected chi connectivity index (χ1v) is 6.86. The Morgan fingerprint density at radius 1 is 1.44 bits per heavy atom. The van der Waals surface area contributed by atoms with Crippen LogP contribution < -0.4 is 5.73 Å². The molecule has 0 amide bonds. The molecule has 2 aromatic rings. The maximum atomic E-state index is 6.38. The third-order valence-electron chi connectivity index (χ3n) is 3.03. The predicted octanol–water partition coefficient (Wildman–Crippen LogP) is 2.01. The van der Waals surface area contributed by atoms with Crippen molar-refractivity contribution < 1.29 is 0 Å². The van der Waals surface area contributed by atoms with E-state index in [1.54, 1.807) is 6.20 Å². The highest BCUT2D eigenvalue weighted by Crippen LogP contribution is 2.28. The fraction of sp³-hybridized carbons (Fsp3) is 0.500. The maximum absolute atomic E-state index is 6.38. The fourth-order valence-corrected chi connectivity index (χ4v) is 2.71. The number of halogens is 1. The zero-order valence-corrected chi connectivity index (χ0v) is 12.5. The Morgan fingerprint density at radius 3 is 2.78 bits per heavy atom. The van der Waals surface area contributed by atoms with E-state index >= 15 is 0 Å². The minimum Gasteiger partial charge on any atom is -0.319 e. The first-order valence-electron chi connectivity index (χ1n) is 6.07. The van der Waals surface area contributed by atoms with Gasteiger partial charge in [-0.1, -0.05) is 6.92 Å². The monoisotopic (exact) mass is 311 g/mol. The molecule has 2 rings (SSSR count). The van der Waals surface area contributed by atoms with Crippen molar-refractivity contribution in [3.8, 4) is 0 Å². The molecular formula is C12H18BrN5. The van der Waals surface area contributed by atoms with Gasteiger partial charge >= 0.3 is 0 Å². The van der Waals surface area contributed by atoms with Crippen molar-refractivity contribution >= 4 is 15.9 Å². The molecule has 0 bridgehead atoms. The van der Waals surface area contributed by atoms with Gasteiger partial charge in [0.25, 0.3) is 0 Å². The zero-order chi connectivity index (χ0) is 13.3. The summed E-state index contributed by atoms with van der Waals surface area (Å²) in [5.74, 6) is 0. The van der Waals surface area contributed by atoms with E-state index in [1.807, 2.05) is 22.6 Å². The molecule has 1 atom stereocenters. The van der Waals surface area contributed by atoms with Crippen LogP contribution in [0.3, 0.4) is 0 Å². The van der Waals surface area contributed by atoms with Gasteiger partial charge < -0.3 is 5.73 Å². The lowest BCUT2D eigenvalue weighted by Crippen LogP contribution is -2.18. The Kier molecular flexibility index (Phi) is 3.87. The van der Waals surface area contributed by atoms with Crippen molar-refractivity contribution in [2.75, 3.05) is 0 Å².